The number of sulfonamides is 1. The second-order valence-corrected chi connectivity index (χ2v) is 6.01. The van der Waals surface area contributed by atoms with Crippen LogP contribution in [0.15, 0.2) is 41.3 Å². The maximum Gasteiger partial charge on any atom is 0.238 e. The molecular formula is C12H15N3O3S. The molecule has 0 fully saturated rings. The van der Waals surface area contributed by atoms with Crippen LogP contribution in [0, 0.1) is 5.92 Å². The first-order chi connectivity index (χ1) is 8.86. The standard InChI is InChI=1S/C12H15N3O3S/c13-9-2-1-8(7-9)12(16)15-10-3-5-11(6-4-10)19(14,17)18/h1-6,8-9H,7,13H2,(H,15,16)(H2,14,17,18). The number of carbonyl (C=O) groups is 1. The van der Waals surface area contributed by atoms with Crippen molar-refractivity contribution in [2.75, 3.05) is 5.32 Å². The highest BCUT2D eigenvalue weighted by molar-refractivity contribution is 7.89. The Kier molecular flexibility index (Phi) is 3.70. The lowest BCUT2D eigenvalue weighted by atomic mass is 10.1. The Morgan fingerprint density at radius 2 is 1.84 bits per heavy atom. The highest BCUT2D eigenvalue weighted by atomic mass is 32.2. The van der Waals surface area contributed by atoms with Crippen LogP contribution in [0.1, 0.15) is 6.42 Å². The van der Waals surface area contributed by atoms with E-state index in [4.69, 9.17) is 10.9 Å². The van der Waals surface area contributed by atoms with E-state index in [-0.39, 0.29) is 22.8 Å². The second-order valence-electron chi connectivity index (χ2n) is 4.45. The summed E-state index contributed by atoms with van der Waals surface area (Å²) in [7, 11) is -3.71. The van der Waals surface area contributed by atoms with Crippen molar-refractivity contribution in [3.8, 4) is 0 Å². The van der Waals surface area contributed by atoms with Crippen molar-refractivity contribution >= 4 is 21.6 Å². The molecule has 6 nitrogen and oxygen atoms in total. The Labute approximate surface area is 111 Å². The molecule has 5 N–H and O–H groups in total. The van der Waals surface area contributed by atoms with E-state index >= 15 is 0 Å². The third kappa shape index (κ3) is 3.40. The maximum absolute atomic E-state index is 11.9. The van der Waals surface area contributed by atoms with Crippen LogP contribution in [0.3, 0.4) is 0 Å². The molecule has 1 aromatic rings. The van der Waals surface area contributed by atoms with Gasteiger partial charge in [-0.2, -0.15) is 0 Å². The van der Waals surface area contributed by atoms with Gasteiger partial charge in [-0.3, -0.25) is 4.79 Å². The van der Waals surface area contributed by atoms with Crippen LogP contribution >= 0.6 is 0 Å². The number of hydrogen-bond donors (Lipinski definition) is 3. The van der Waals surface area contributed by atoms with Crippen LogP contribution < -0.4 is 16.2 Å². The lowest BCUT2D eigenvalue weighted by Crippen LogP contribution is -2.24. The smallest absolute Gasteiger partial charge is 0.238 e. The minimum atomic E-state index is -3.71. The molecule has 0 saturated heterocycles. The lowest BCUT2D eigenvalue weighted by molar-refractivity contribution is -0.118. The molecule has 0 aromatic heterocycles. The molecule has 0 spiro atoms. The van der Waals surface area contributed by atoms with Gasteiger partial charge in [0.2, 0.25) is 15.9 Å². The molecule has 2 atom stereocenters. The number of nitrogens with two attached hydrogens (primary N) is 2. The number of anilines is 1. The zero-order valence-corrected chi connectivity index (χ0v) is 10.9. The van der Waals surface area contributed by atoms with E-state index in [1.54, 1.807) is 12.2 Å². The molecule has 0 heterocycles. The van der Waals surface area contributed by atoms with Crippen molar-refractivity contribution in [1.29, 1.82) is 0 Å². The van der Waals surface area contributed by atoms with E-state index < -0.39 is 10.0 Å². The molecule has 0 aliphatic heterocycles. The molecule has 2 unspecified atom stereocenters. The van der Waals surface area contributed by atoms with Gasteiger partial charge in [0.05, 0.1) is 10.8 Å². The van der Waals surface area contributed by atoms with Crippen molar-refractivity contribution in [1.82, 2.24) is 0 Å². The molecule has 1 aromatic carbocycles. The van der Waals surface area contributed by atoms with Gasteiger partial charge in [-0.05, 0) is 30.7 Å². The Balaban J connectivity index is 2.04. The van der Waals surface area contributed by atoms with E-state index in [0.717, 1.165) is 0 Å². The Morgan fingerprint density at radius 3 is 2.32 bits per heavy atom. The number of primary sulfonamides is 1. The van der Waals surface area contributed by atoms with Crippen LogP contribution in [0.5, 0.6) is 0 Å². The quantitative estimate of drug-likeness (QED) is 0.685. The number of benzene rings is 1. The fourth-order valence-electron chi connectivity index (χ4n) is 1.88. The van der Waals surface area contributed by atoms with Crippen molar-refractivity contribution in [3.05, 3.63) is 36.4 Å². The van der Waals surface area contributed by atoms with Crippen molar-refractivity contribution in [3.63, 3.8) is 0 Å². The number of rotatable bonds is 3. The number of amides is 1. The minimum Gasteiger partial charge on any atom is -0.326 e. The van der Waals surface area contributed by atoms with Gasteiger partial charge in [-0.15, -0.1) is 0 Å². The average Bonchev–Trinajstić information content (AvgIpc) is 2.75. The predicted molar refractivity (Wildman–Crippen MR) is 71.7 cm³/mol. The fourth-order valence-corrected chi connectivity index (χ4v) is 2.40. The molecule has 1 aliphatic carbocycles. The summed E-state index contributed by atoms with van der Waals surface area (Å²) in [6, 6.07) is 5.61. The highest BCUT2D eigenvalue weighted by Crippen LogP contribution is 2.19. The molecule has 1 aliphatic rings. The molecule has 102 valence electrons. The van der Waals surface area contributed by atoms with E-state index in [1.165, 1.54) is 24.3 Å². The summed E-state index contributed by atoms with van der Waals surface area (Å²) in [5, 5.41) is 7.69. The van der Waals surface area contributed by atoms with Crippen molar-refractivity contribution < 1.29 is 13.2 Å². The van der Waals surface area contributed by atoms with Gasteiger partial charge in [0.25, 0.3) is 0 Å². The largest absolute Gasteiger partial charge is 0.326 e. The predicted octanol–water partition coefficient (Wildman–Crippen LogP) is 0.176. The molecule has 0 bridgehead atoms. The van der Waals surface area contributed by atoms with Crippen molar-refractivity contribution in [2.45, 2.75) is 17.4 Å². The number of nitrogens with one attached hydrogen (secondary N) is 1. The Hall–Kier alpha value is -1.70. The van der Waals surface area contributed by atoms with Crippen LogP contribution in [0.4, 0.5) is 5.69 Å². The highest BCUT2D eigenvalue weighted by Gasteiger charge is 2.22. The first-order valence-electron chi connectivity index (χ1n) is 5.74. The molecule has 7 heteroatoms. The monoisotopic (exact) mass is 281 g/mol. The molecule has 1 amide bonds. The number of hydrogen-bond acceptors (Lipinski definition) is 4. The Bertz CT molecular complexity index is 608. The topological polar surface area (TPSA) is 115 Å². The fraction of sp³-hybridized carbons (Fsp3) is 0.250. The maximum atomic E-state index is 11.9. The van der Waals surface area contributed by atoms with E-state index in [0.29, 0.717) is 12.1 Å². The first kappa shape index (κ1) is 13.7. The Morgan fingerprint density at radius 1 is 1.21 bits per heavy atom. The van der Waals surface area contributed by atoms with Crippen LogP contribution in [0.25, 0.3) is 0 Å². The van der Waals surface area contributed by atoms with E-state index in [2.05, 4.69) is 5.32 Å². The summed E-state index contributed by atoms with van der Waals surface area (Å²) < 4.78 is 22.2. The minimum absolute atomic E-state index is 0.00767. The third-order valence-electron chi connectivity index (χ3n) is 2.90. The van der Waals surface area contributed by atoms with Gasteiger partial charge < -0.3 is 11.1 Å². The van der Waals surface area contributed by atoms with Crippen molar-refractivity contribution in [2.24, 2.45) is 16.8 Å². The lowest BCUT2D eigenvalue weighted by Gasteiger charge is -2.10. The van der Waals surface area contributed by atoms with Crippen LogP contribution in [-0.2, 0) is 14.8 Å². The van der Waals surface area contributed by atoms with Crippen LogP contribution in [0.2, 0.25) is 0 Å². The van der Waals surface area contributed by atoms with Gasteiger partial charge in [0.15, 0.2) is 0 Å². The SMILES string of the molecule is NC1C=CC(C(=O)Nc2ccc(S(N)(=O)=O)cc2)C1. The van der Waals surface area contributed by atoms with Gasteiger partial charge in [0, 0.05) is 11.7 Å². The normalized spacial score (nSPS) is 22.4. The molecule has 0 radical (unpaired) electrons. The van der Waals surface area contributed by atoms with E-state index in [1.807, 2.05) is 0 Å². The molecular weight excluding hydrogens is 266 g/mol. The third-order valence-corrected chi connectivity index (χ3v) is 3.83. The van der Waals surface area contributed by atoms with Gasteiger partial charge >= 0.3 is 0 Å². The zero-order valence-electron chi connectivity index (χ0n) is 10.1. The summed E-state index contributed by atoms with van der Waals surface area (Å²) >= 11 is 0. The second kappa shape index (κ2) is 5.12. The van der Waals surface area contributed by atoms with Gasteiger partial charge in [-0.1, -0.05) is 12.2 Å². The molecule has 0 saturated carbocycles. The van der Waals surface area contributed by atoms with Crippen LogP contribution in [-0.4, -0.2) is 20.4 Å². The zero-order chi connectivity index (χ0) is 14.0. The van der Waals surface area contributed by atoms with Gasteiger partial charge in [-0.25, -0.2) is 13.6 Å². The van der Waals surface area contributed by atoms with E-state index in [9.17, 15) is 13.2 Å². The van der Waals surface area contributed by atoms with Gasteiger partial charge in [0.1, 0.15) is 0 Å². The first-order valence-corrected chi connectivity index (χ1v) is 7.28. The molecule has 19 heavy (non-hydrogen) atoms. The summed E-state index contributed by atoms with van der Waals surface area (Å²) in [5.74, 6) is -0.402. The summed E-state index contributed by atoms with van der Waals surface area (Å²) in [4.78, 5) is 11.9. The number of carbonyl (C=O) groups excluding carboxylic acids is 1. The molecule has 2 rings (SSSR count). The average molecular weight is 281 g/mol. The summed E-state index contributed by atoms with van der Waals surface area (Å²) in [5.41, 5.74) is 6.20. The summed E-state index contributed by atoms with van der Waals surface area (Å²) in [6.07, 6.45) is 4.16. The summed E-state index contributed by atoms with van der Waals surface area (Å²) in [6.45, 7) is 0.